The zero-order valence-corrected chi connectivity index (χ0v) is 12.6. The Kier molecular flexibility index (Phi) is 4.33. The van der Waals surface area contributed by atoms with Crippen LogP contribution in [-0.2, 0) is 14.3 Å². The van der Waals surface area contributed by atoms with E-state index in [0.29, 0.717) is 0 Å². The van der Waals surface area contributed by atoms with Crippen molar-refractivity contribution in [3.63, 3.8) is 0 Å². The third-order valence-corrected chi connectivity index (χ3v) is 4.21. The fourth-order valence-electron chi connectivity index (χ4n) is 3.33. The lowest BCUT2D eigenvalue weighted by atomic mass is 9.84. The van der Waals surface area contributed by atoms with Crippen molar-refractivity contribution >= 4 is 5.78 Å². The van der Waals surface area contributed by atoms with Gasteiger partial charge in [-0.1, -0.05) is 0 Å². The van der Waals surface area contributed by atoms with Crippen LogP contribution >= 0.6 is 0 Å². The molecule has 1 unspecified atom stereocenters. The van der Waals surface area contributed by atoms with E-state index in [1.165, 1.54) is 0 Å². The molecule has 0 radical (unpaired) electrons. The third kappa shape index (κ3) is 3.77. The molecule has 2 heterocycles. The maximum absolute atomic E-state index is 12.4. The minimum atomic E-state index is -0.377. The molecule has 0 spiro atoms. The second-order valence-corrected chi connectivity index (χ2v) is 6.95. The van der Waals surface area contributed by atoms with Gasteiger partial charge in [0.15, 0.2) is 5.78 Å². The zero-order chi connectivity index (χ0) is 14.1. The molecule has 0 aromatic carbocycles. The van der Waals surface area contributed by atoms with Crippen molar-refractivity contribution < 1.29 is 14.3 Å². The number of nitrogens with one attached hydrogen (secondary N) is 1. The molecule has 2 aliphatic heterocycles. The summed E-state index contributed by atoms with van der Waals surface area (Å²) in [6.07, 6.45) is 3.03. The van der Waals surface area contributed by atoms with E-state index in [-0.39, 0.29) is 35.6 Å². The molecule has 4 nitrogen and oxygen atoms in total. The lowest BCUT2D eigenvalue weighted by molar-refractivity contribution is -0.136. The van der Waals surface area contributed by atoms with Crippen molar-refractivity contribution in [1.82, 2.24) is 5.32 Å². The van der Waals surface area contributed by atoms with Crippen molar-refractivity contribution in [3.05, 3.63) is 0 Å². The highest BCUT2D eigenvalue weighted by Gasteiger charge is 2.49. The molecule has 0 aromatic rings. The van der Waals surface area contributed by atoms with Crippen LogP contribution in [0.25, 0.3) is 0 Å². The van der Waals surface area contributed by atoms with Gasteiger partial charge < -0.3 is 14.8 Å². The number of hydrogen-bond donors (Lipinski definition) is 1. The largest absolute Gasteiger partial charge is 0.370 e. The van der Waals surface area contributed by atoms with E-state index in [9.17, 15) is 4.79 Å². The van der Waals surface area contributed by atoms with Gasteiger partial charge >= 0.3 is 0 Å². The summed E-state index contributed by atoms with van der Waals surface area (Å²) in [6.45, 7) is 10.3. The Bertz CT molecular complexity index is 332. The van der Waals surface area contributed by atoms with Crippen LogP contribution in [0.4, 0.5) is 0 Å². The van der Waals surface area contributed by atoms with Crippen LogP contribution in [0.1, 0.15) is 47.0 Å². The summed E-state index contributed by atoms with van der Waals surface area (Å²) >= 11 is 0. The van der Waals surface area contributed by atoms with Crippen LogP contribution in [0.5, 0.6) is 0 Å². The highest BCUT2D eigenvalue weighted by molar-refractivity contribution is 5.83. The number of carbonyl (C=O) groups excluding carboxylic acids is 1. The van der Waals surface area contributed by atoms with E-state index < -0.39 is 0 Å². The van der Waals surface area contributed by atoms with Crippen LogP contribution in [0.3, 0.4) is 0 Å². The Balaban J connectivity index is 1.85. The summed E-state index contributed by atoms with van der Waals surface area (Å²) < 4.78 is 11.7. The van der Waals surface area contributed by atoms with Crippen LogP contribution in [-0.4, -0.2) is 42.8 Å². The molecule has 4 heteroatoms. The van der Waals surface area contributed by atoms with Crippen molar-refractivity contribution in [2.45, 2.75) is 64.3 Å². The average Bonchev–Trinajstić information content (AvgIpc) is 2.56. The highest BCUT2D eigenvalue weighted by Crippen LogP contribution is 2.42. The monoisotopic (exact) mass is 269 g/mol. The molecule has 0 amide bonds. The summed E-state index contributed by atoms with van der Waals surface area (Å²) in [7, 11) is 0. The first-order valence-corrected chi connectivity index (χ1v) is 7.35. The molecule has 110 valence electrons. The lowest BCUT2D eigenvalue weighted by Gasteiger charge is -2.27. The molecular weight excluding hydrogens is 242 g/mol. The van der Waals surface area contributed by atoms with Gasteiger partial charge in [0, 0.05) is 0 Å². The predicted octanol–water partition coefficient (Wildman–Crippen LogP) is 1.92. The summed E-state index contributed by atoms with van der Waals surface area (Å²) in [5.41, 5.74) is -0.587. The Hall–Kier alpha value is -0.450. The molecule has 0 saturated carbocycles. The number of hydrogen-bond acceptors (Lipinski definition) is 4. The molecule has 2 rings (SSSR count). The molecule has 2 aliphatic rings. The van der Waals surface area contributed by atoms with Crippen LogP contribution in [0, 0.1) is 5.92 Å². The van der Waals surface area contributed by atoms with E-state index in [2.05, 4.69) is 19.2 Å². The number of ketones is 1. The van der Waals surface area contributed by atoms with Crippen LogP contribution < -0.4 is 5.32 Å². The molecular formula is C15H27NO3. The van der Waals surface area contributed by atoms with Crippen molar-refractivity contribution in [2.75, 3.05) is 19.7 Å². The van der Waals surface area contributed by atoms with Gasteiger partial charge in [0.05, 0.1) is 23.2 Å². The molecule has 1 atom stereocenters. The molecule has 2 fully saturated rings. The molecule has 0 aromatic heterocycles. The smallest absolute Gasteiger partial charge is 0.164 e. The quantitative estimate of drug-likeness (QED) is 0.847. The van der Waals surface area contributed by atoms with Crippen molar-refractivity contribution in [3.8, 4) is 0 Å². The number of piperidine rings is 1. The Morgan fingerprint density at radius 3 is 2.42 bits per heavy atom. The van der Waals surface area contributed by atoms with E-state index in [1.807, 2.05) is 13.8 Å². The molecule has 0 aliphatic carbocycles. The van der Waals surface area contributed by atoms with Gasteiger partial charge in [-0.3, -0.25) is 4.79 Å². The Morgan fingerprint density at radius 1 is 1.26 bits per heavy atom. The Morgan fingerprint density at radius 2 is 1.89 bits per heavy atom. The van der Waals surface area contributed by atoms with E-state index in [4.69, 9.17) is 9.47 Å². The minimum absolute atomic E-state index is 0.0517. The molecule has 19 heavy (non-hydrogen) atoms. The maximum atomic E-state index is 12.4. The first-order chi connectivity index (χ1) is 8.80. The van der Waals surface area contributed by atoms with E-state index in [0.717, 1.165) is 32.4 Å². The summed E-state index contributed by atoms with van der Waals surface area (Å²) in [6, 6.07) is 0. The van der Waals surface area contributed by atoms with Gasteiger partial charge in [-0.25, -0.2) is 0 Å². The van der Waals surface area contributed by atoms with Crippen molar-refractivity contribution in [1.29, 1.82) is 0 Å². The molecule has 0 bridgehead atoms. The first kappa shape index (κ1) is 14.9. The van der Waals surface area contributed by atoms with Crippen LogP contribution in [0.15, 0.2) is 0 Å². The van der Waals surface area contributed by atoms with Gasteiger partial charge in [-0.15, -0.1) is 0 Å². The second-order valence-electron chi connectivity index (χ2n) is 6.95. The van der Waals surface area contributed by atoms with Crippen molar-refractivity contribution in [2.24, 2.45) is 5.92 Å². The molecule has 1 N–H and O–H groups in total. The van der Waals surface area contributed by atoms with Gasteiger partial charge in [0.1, 0.15) is 6.61 Å². The Labute approximate surface area is 116 Å². The number of ether oxygens (including phenoxy) is 2. The zero-order valence-electron chi connectivity index (χ0n) is 12.6. The van der Waals surface area contributed by atoms with Gasteiger partial charge in [-0.05, 0) is 60.0 Å². The van der Waals surface area contributed by atoms with Crippen LogP contribution in [0.2, 0.25) is 0 Å². The second kappa shape index (κ2) is 5.51. The first-order valence-electron chi connectivity index (χ1n) is 7.35. The summed E-state index contributed by atoms with van der Waals surface area (Å²) in [5.74, 6) is 0.137. The maximum Gasteiger partial charge on any atom is 0.164 e. The summed E-state index contributed by atoms with van der Waals surface area (Å²) in [4.78, 5) is 12.4. The standard InChI is InChI=1S/C15H27NO3/c1-14(2)9-12(15(3,4)19-14)13(17)10-18-11-5-7-16-8-6-11/h11-12,16H,5-10H2,1-4H3. The van der Waals surface area contributed by atoms with Gasteiger partial charge in [0.2, 0.25) is 0 Å². The molecule has 2 saturated heterocycles. The lowest BCUT2D eigenvalue weighted by Crippen LogP contribution is -2.38. The SMILES string of the molecule is CC1(C)CC(C(=O)COC2CCNCC2)C(C)(C)O1. The van der Waals surface area contributed by atoms with E-state index >= 15 is 0 Å². The van der Waals surface area contributed by atoms with Gasteiger partial charge in [0.25, 0.3) is 0 Å². The van der Waals surface area contributed by atoms with E-state index in [1.54, 1.807) is 0 Å². The third-order valence-electron chi connectivity index (χ3n) is 4.21. The summed E-state index contributed by atoms with van der Waals surface area (Å²) in [5, 5.41) is 3.30. The average molecular weight is 269 g/mol. The topological polar surface area (TPSA) is 47.6 Å². The number of carbonyl (C=O) groups is 1. The fraction of sp³-hybridized carbons (Fsp3) is 0.933. The van der Waals surface area contributed by atoms with Gasteiger partial charge in [-0.2, -0.15) is 0 Å². The fourth-order valence-corrected chi connectivity index (χ4v) is 3.33. The number of Topliss-reactive ketones (excluding diaryl/α,β-unsaturated/α-hetero) is 1. The predicted molar refractivity (Wildman–Crippen MR) is 74.2 cm³/mol. The normalized spacial score (nSPS) is 30.4. The number of rotatable bonds is 4. The minimum Gasteiger partial charge on any atom is -0.370 e. The highest BCUT2D eigenvalue weighted by atomic mass is 16.5.